The molecule has 4 heteroatoms. The van der Waals surface area contributed by atoms with Gasteiger partial charge in [0, 0.05) is 6.20 Å². The van der Waals surface area contributed by atoms with Crippen molar-refractivity contribution in [2.24, 2.45) is 0 Å². The molecular formula is C7H7ClN2O. The number of nitrogens with zero attached hydrogens (tertiary/aromatic N) is 1. The van der Waals surface area contributed by atoms with Crippen LogP contribution < -0.4 is 5.73 Å². The molecule has 58 valence electrons. The van der Waals surface area contributed by atoms with Gasteiger partial charge in [0.2, 0.25) is 0 Å². The molecule has 0 aromatic carbocycles. The normalized spacial score (nSPS) is 9.64. The highest BCUT2D eigenvalue weighted by Crippen LogP contribution is 2.19. The molecule has 0 spiro atoms. The lowest BCUT2D eigenvalue weighted by Crippen LogP contribution is -2.02. The number of rotatable bonds is 1. The smallest absolute Gasteiger partial charge is 0.165 e. The Bertz CT molecular complexity index is 278. The minimum atomic E-state index is -0.166. The Morgan fingerprint density at radius 2 is 2.36 bits per heavy atom. The molecule has 0 unspecified atom stereocenters. The summed E-state index contributed by atoms with van der Waals surface area (Å²) in [6, 6.07) is 1.54. The summed E-state index contributed by atoms with van der Waals surface area (Å²) in [5.41, 5.74) is 5.71. The summed E-state index contributed by atoms with van der Waals surface area (Å²) in [6.07, 6.45) is 1.46. The lowest BCUT2D eigenvalue weighted by Gasteiger charge is -2.00. The lowest BCUT2D eigenvalue weighted by molar-refractivity contribution is 0.101. The first-order valence-electron chi connectivity index (χ1n) is 3.04. The number of Topliss-reactive ketones (excluding diaryl/α,β-unsaturated/α-hetero) is 1. The number of hydrogen-bond donors (Lipinski definition) is 1. The second-order valence-electron chi connectivity index (χ2n) is 2.11. The van der Waals surface area contributed by atoms with Crippen molar-refractivity contribution in [3.05, 3.63) is 22.8 Å². The number of halogens is 1. The molecule has 11 heavy (non-hydrogen) atoms. The van der Waals surface area contributed by atoms with Crippen molar-refractivity contribution in [2.75, 3.05) is 5.73 Å². The van der Waals surface area contributed by atoms with Crippen molar-refractivity contribution in [2.45, 2.75) is 6.92 Å². The number of anilines is 1. The van der Waals surface area contributed by atoms with Crippen LogP contribution in [0.15, 0.2) is 12.3 Å². The summed E-state index contributed by atoms with van der Waals surface area (Å²) >= 11 is 5.68. The number of aromatic nitrogens is 1. The van der Waals surface area contributed by atoms with Crippen LogP contribution in [0.1, 0.15) is 17.3 Å². The maximum absolute atomic E-state index is 10.9. The molecule has 2 N–H and O–H groups in total. The molecule has 0 aliphatic rings. The van der Waals surface area contributed by atoms with E-state index in [1.165, 1.54) is 19.2 Å². The van der Waals surface area contributed by atoms with Crippen molar-refractivity contribution in [3.8, 4) is 0 Å². The van der Waals surface area contributed by atoms with E-state index in [2.05, 4.69) is 4.98 Å². The number of pyridine rings is 1. The quantitative estimate of drug-likeness (QED) is 0.651. The molecule has 0 atom stereocenters. The van der Waals surface area contributed by atoms with Crippen molar-refractivity contribution >= 4 is 23.2 Å². The Morgan fingerprint density at radius 1 is 1.73 bits per heavy atom. The van der Waals surface area contributed by atoms with Gasteiger partial charge in [0.15, 0.2) is 5.78 Å². The van der Waals surface area contributed by atoms with Crippen molar-refractivity contribution in [1.82, 2.24) is 4.98 Å². The molecule has 0 amide bonds. The Balaban J connectivity index is 3.32. The molecular weight excluding hydrogens is 164 g/mol. The second-order valence-corrected chi connectivity index (χ2v) is 2.52. The second kappa shape index (κ2) is 2.88. The summed E-state index contributed by atoms with van der Waals surface area (Å²) in [5, 5.41) is 0.352. The van der Waals surface area contributed by atoms with Crippen LogP contribution >= 0.6 is 11.6 Å². The van der Waals surface area contributed by atoms with Crippen LogP contribution in [0.25, 0.3) is 0 Å². The fraction of sp³-hybridized carbons (Fsp3) is 0.143. The third kappa shape index (κ3) is 1.49. The first-order chi connectivity index (χ1) is 5.13. The highest BCUT2D eigenvalue weighted by molar-refractivity contribution is 6.34. The number of nitrogens with two attached hydrogens (primary N) is 1. The number of carbonyl (C=O) groups is 1. The molecule has 0 bridgehead atoms. The molecule has 1 aromatic rings. The summed E-state index contributed by atoms with van der Waals surface area (Å²) in [7, 11) is 0. The van der Waals surface area contributed by atoms with E-state index in [1.807, 2.05) is 0 Å². The average Bonchev–Trinajstić information content (AvgIpc) is 1.85. The van der Waals surface area contributed by atoms with Gasteiger partial charge in [0.25, 0.3) is 0 Å². The van der Waals surface area contributed by atoms with E-state index < -0.39 is 0 Å². The summed E-state index contributed by atoms with van der Waals surface area (Å²) in [5.74, 6) is 0.0191. The highest BCUT2D eigenvalue weighted by atomic mass is 35.5. The Morgan fingerprint density at radius 3 is 2.73 bits per heavy atom. The predicted octanol–water partition coefficient (Wildman–Crippen LogP) is 1.52. The fourth-order valence-electron chi connectivity index (χ4n) is 0.802. The minimum Gasteiger partial charge on any atom is -0.383 e. The summed E-state index contributed by atoms with van der Waals surface area (Å²) in [4.78, 5) is 14.6. The van der Waals surface area contributed by atoms with Crippen LogP contribution in [0.2, 0.25) is 5.02 Å². The molecule has 0 radical (unpaired) electrons. The van der Waals surface area contributed by atoms with E-state index in [0.29, 0.717) is 10.6 Å². The number of nitrogen functional groups attached to an aromatic ring is 1. The topological polar surface area (TPSA) is 56.0 Å². The van der Waals surface area contributed by atoms with Gasteiger partial charge in [0.1, 0.15) is 5.82 Å². The fourth-order valence-corrected chi connectivity index (χ4v) is 1.09. The summed E-state index contributed by atoms with van der Waals surface area (Å²) in [6.45, 7) is 1.40. The SMILES string of the molecule is CC(=O)c1c(Cl)ccnc1N. The van der Waals surface area contributed by atoms with Gasteiger partial charge in [-0.3, -0.25) is 4.79 Å². The molecule has 0 saturated carbocycles. The van der Waals surface area contributed by atoms with Crippen molar-refractivity contribution in [3.63, 3.8) is 0 Å². The first kappa shape index (κ1) is 8.01. The molecule has 1 aromatic heterocycles. The molecule has 0 aliphatic heterocycles. The Hall–Kier alpha value is -1.09. The van der Waals surface area contributed by atoms with E-state index >= 15 is 0 Å². The van der Waals surface area contributed by atoms with Crippen LogP contribution in [-0.2, 0) is 0 Å². The Labute approximate surface area is 69.2 Å². The van der Waals surface area contributed by atoms with E-state index in [4.69, 9.17) is 17.3 Å². The van der Waals surface area contributed by atoms with E-state index in [-0.39, 0.29) is 11.6 Å². The number of hydrogen-bond acceptors (Lipinski definition) is 3. The van der Waals surface area contributed by atoms with Gasteiger partial charge in [-0.15, -0.1) is 0 Å². The van der Waals surface area contributed by atoms with Crippen LogP contribution in [-0.4, -0.2) is 10.8 Å². The molecule has 0 saturated heterocycles. The zero-order chi connectivity index (χ0) is 8.43. The minimum absolute atomic E-state index is 0.166. The van der Waals surface area contributed by atoms with Gasteiger partial charge < -0.3 is 5.73 Å². The number of carbonyl (C=O) groups excluding carboxylic acids is 1. The first-order valence-corrected chi connectivity index (χ1v) is 3.41. The largest absolute Gasteiger partial charge is 0.383 e. The maximum atomic E-state index is 10.9. The van der Waals surface area contributed by atoms with Gasteiger partial charge >= 0.3 is 0 Å². The van der Waals surface area contributed by atoms with Gasteiger partial charge in [-0.05, 0) is 13.0 Å². The van der Waals surface area contributed by atoms with Gasteiger partial charge in [0.05, 0.1) is 10.6 Å². The summed E-state index contributed by atoms with van der Waals surface area (Å²) < 4.78 is 0. The molecule has 1 heterocycles. The third-order valence-corrected chi connectivity index (χ3v) is 1.60. The molecule has 1 rings (SSSR count). The standard InChI is InChI=1S/C7H7ClN2O/c1-4(11)6-5(8)2-3-10-7(6)9/h2-3H,1H3,(H2,9,10). The maximum Gasteiger partial charge on any atom is 0.165 e. The van der Waals surface area contributed by atoms with Crippen molar-refractivity contribution in [1.29, 1.82) is 0 Å². The average molecular weight is 171 g/mol. The van der Waals surface area contributed by atoms with Crippen LogP contribution in [0.4, 0.5) is 5.82 Å². The van der Waals surface area contributed by atoms with Crippen molar-refractivity contribution < 1.29 is 4.79 Å². The van der Waals surface area contributed by atoms with Gasteiger partial charge in [-0.25, -0.2) is 4.98 Å². The Kier molecular flexibility index (Phi) is 2.10. The zero-order valence-corrected chi connectivity index (χ0v) is 6.72. The van der Waals surface area contributed by atoms with E-state index in [1.54, 1.807) is 0 Å². The molecule has 0 fully saturated rings. The van der Waals surface area contributed by atoms with Crippen LogP contribution in [0, 0.1) is 0 Å². The van der Waals surface area contributed by atoms with Gasteiger partial charge in [-0.2, -0.15) is 0 Å². The van der Waals surface area contributed by atoms with E-state index in [0.717, 1.165) is 0 Å². The highest BCUT2D eigenvalue weighted by Gasteiger charge is 2.09. The van der Waals surface area contributed by atoms with E-state index in [9.17, 15) is 4.79 Å². The molecule has 0 aliphatic carbocycles. The van der Waals surface area contributed by atoms with Gasteiger partial charge in [-0.1, -0.05) is 11.6 Å². The monoisotopic (exact) mass is 170 g/mol. The number of ketones is 1. The van der Waals surface area contributed by atoms with Crippen LogP contribution in [0.3, 0.4) is 0 Å². The molecule has 3 nitrogen and oxygen atoms in total. The predicted molar refractivity (Wildman–Crippen MR) is 43.7 cm³/mol. The van der Waals surface area contributed by atoms with Crippen LogP contribution in [0.5, 0.6) is 0 Å². The zero-order valence-electron chi connectivity index (χ0n) is 5.97. The third-order valence-electron chi connectivity index (χ3n) is 1.28. The lowest BCUT2D eigenvalue weighted by atomic mass is 10.2.